The van der Waals surface area contributed by atoms with Gasteiger partial charge in [0.25, 0.3) is 0 Å². The van der Waals surface area contributed by atoms with Crippen LogP contribution in [0.1, 0.15) is 24.9 Å². The zero-order valence-electron chi connectivity index (χ0n) is 12.4. The van der Waals surface area contributed by atoms with Crippen molar-refractivity contribution in [2.75, 3.05) is 17.8 Å². The number of hydrogen-bond acceptors (Lipinski definition) is 5. The molecule has 0 aromatic carbocycles. The van der Waals surface area contributed by atoms with Gasteiger partial charge in [-0.1, -0.05) is 18.7 Å². The number of thioether (sulfide) groups is 2. The molecule has 1 N–H and O–H groups in total. The lowest BCUT2D eigenvalue weighted by Gasteiger charge is -2.18. The number of aliphatic carboxylic acids is 1. The first-order valence-electron chi connectivity index (χ1n) is 6.75. The quantitative estimate of drug-likeness (QED) is 0.788. The third-order valence-electron chi connectivity index (χ3n) is 3.27. The molecule has 2 aromatic rings. The topological polar surface area (TPSA) is 68.0 Å². The highest BCUT2D eigenvalue weighted by Crippen LogP contribution is 2.30. The average molecular weight is 325 g/mol. The molecular weight excluding hydrogens is 306 g/mol. The summed E-state index contributed by atoms with van der Waals surface area (Å²) in [6, 6.07) is 2.21. The molecule has 0 saturated carbocycles. The molecule has 5 nitrogen and oxygen atoms in total. The number of carboxylic acids is 1. The van der Waals surface area contributed by atoms with Crippen LogP contribution in [0.15, 0.2) is 17.4 Å². The number of aromatic nitrogens is 3. The lowest BCUT2D eigenvalue weighted by Crippen LogP contribution is -2.13. The molecule has 7 heteroatoms. The Balaban J connectivity index is 2.53. The molecule has 0 saturated heterocycles. The van der Waals surface area contributed by atoms with Gasteiger partial charge in [0.15, 0.2) is 10.8 Å². The molecule has 0 radical (unpaired) electrons. The fraction of sp³-hybridized carbons (Fsp3) is 0.500. The zero-order chi connectivity index (χ0) is 15.4. The van der Waals surface area contributed by atoms with Crippen molar-refractivity contribution < 1.29 is 9.90 Å². The first-order valence-corrected chi connectivity index (χ1v) is 9.13. The van der Waals surface area contributed by atoms with Crippen molar-refractivity contribution in [3.8, 4) is 0 Å². The molecule has 114 valence electrons. The summed E-state index contributed by atoms with van der Waals surface area (Å²) >= 11 is 3.04. The minimum absolute atomic E-state index is 0.0120. The number of carbonyl (C=O) groups is 1. The maximum Gasteiger partial charge on any atom is 0.313 e. The Bertz CT molecular complexity index is 642. The maximum atomic E-state index is 10.9. The largest absolute Gasteiger partial charge is 0.481 e. The molecule has 21 heavy (non-hydrogen) atoms. The predicted molar refractivity (Wildman–Crippen MR) is 88.3 cm³/mol. The molecule has 0 bridgehead atoms. The van der Waals surface area contributed by atoms with Crippen LogP contribution >= 0.6 is 23.5 Å². The van der Waals surface area contributed by atoms with Crippen LogP contribution in [-0.2, 0) is 4.79 Å². The molecule has 0 spiro atoms. The first-order chi connectivity index (χ1) is 10.1. The number of aryl methyl sites for hydroxylation is 1. The highest BCUT2D eigenvalue weighted by atomic mass is 32.2. The number of fused-ring (bicyclic) bond motifs is 1. The minimum atomic E-state index is -0.832. The van der Waals surface area contributed by atoms with E-state index in [2.05, 4.69) is 27.7 Å². The van der Waals surface area contributed by atoms with E-state index >= 15 is 0 Å². The first kappa shape index (κ1) is 16.2. The van der Waals surface area contributed by atoms with E-state index < -0.39 is 5.97 Å². The fourth-order valence-corrected chi connectivity index (χ4v) is 3.77. The molecule has 2 aromatic heterocycles. The Morgan fingerprint density at radius 2 is 2.29 bits per heavy atom. The standard InChI is InChI=1S/C14H19N3O2S2/c1-4-10(7-20-3)17-13-12(9(2)5-6-15-13)16-14(17)21-8-11(18)19/h5-6,10H,4,7-8H2,1-3H3,(H,18,19). The molecule has 0 aliphatic rings. The van der Waals surface area contributed by atoms with E-state index in [1.165, 1.54) is 11.8 Å². The zero-order valence-corrected chi connectivity index (χ0v) is 14.0. The Kier molecular flexibility index (Phi) is 5.52. The predicted octanol–water partition coefficient (Wildman–Crippen LogP) is 3.23. The average Bonchev–Trinajstić information content (AvgIpc) is 2.82. The summed E-state index contributed by atoms with van der Waals surface area (Å²) in [6.07, 6.45) is 4.82. The second-order valence-electron chi connectivity index (χ2n) is 4.76. The summed E-state index contributed by atoms with van der Waals surface area (Å²) in [6.45, 7) is 4.14. The van der Waals surface area contributed by atoms with Gasteiger partial charge >= 0.3 is 5.97 Å². The van der Waals surface area contributed by atoms with Crippen LogP contribution < -0.4 is 0 Å². The molecule has 0 aliphatic carbocycles. The maximum absolute atomic E-state index is 10.9. The SMILES string of the molecule is CCC(CSC)n1c(SCC(=O)O)nc2c(C)ccnc21. The summed E-state index contributed by atoms with van der Waals surface area (Å²) < 4.78 is 2.10. The Hall–Kier alpha value is -1.21. The van der Waals surface area contributed by atoms with Crippen molar-refractivity contribution in [2.24, 2.45) is 0 Å². The van der Waals surface area contributed by atoms with Gasteiger partial charge in [0.05, 0.1) is 5.75 Å². The number of imidazole rings is 1. The van der Waals surface area contributed by atoms with E-state index in [1.54, 1.807) is 18.0 Å². The van der Waals surface area contributed by atoms with Crippen LogP contribution in [0.25, 0.3) is 11.2 Å². The van der Waals surface area contributed by atoms with Crippen LogP contribution in [0.3, 0.4) is 0 Å². The van der Waals surface area contributed by atoms with Crippen LogP contribution in [-0.4, -0.2) is 43.4 Å². The van der Waals surface area contributed by atoms with Crippen molar-refractivity contribution in [2.45, 2.75) is 31.5 Å². The second kappa shape index (κ2) is 7.17. The summed E-state index contributed by atoms with van der Waals surface area (Å²) in [5.74, 6) is 0.136. The van der Waals surface area contributed by atoms with Crippen LogP contribution in [0.4, 0.5) is 0 Å². The Morgan fingerprint density at radius 3 is 2.90 bits per heavy atom. The van der Waals surface area contributed by atoms with Crippen molar-refractivity contribution >= 4 is 40.7 Å². The number of rotatable bonds is 7. The lowest BCUT2D eigenvalue weighted by atomic mass is 10.2. The van der Waals surface area contributed by atoms with Crippen LogP contribution in [0.5, 0.6) is 0 Å². The van der Waals surface area contributed by atoms with E-state index in [0.717, 1.165) is 34.1 Å². The molecular formula is C14H19N3O2S2. The van der Waals surface area contributed by atoms with Gasteiger partial charge in [-0.25, -0.2) is 9.97 Å². The number of nitrogens with zero attached hydrogens (tertiary/aromatic N) is 3. The van der Waals surface area contributed by atoms with Crippen molar-refractivity contribution in [3.63, 3.8) is 0 Å². The van der Waals surface area contributed by atoms with Gasteiger partial charge in [0.2, 0.25) is 0 Å². The lowest BCUT2D eigenvalue weighted by molar-refractivity contribution is -0.133. The van der Waals surface area contributed by atoms with Gasteiger partial charge in [0.1, 0.15) is 5.52 Å². The van der Waals surface area contributed by atoms with Crippen molar-refractivity contribution in [1.82, 2.24) is 14.5 Å². The van der Waals surface area contributed by atoms with Gasteiger partial charge in [-0.05, 0) is 31.2 Å². The third kappa shape index (κ3) is 3.52. The van der Waals surface area contributed by atoms with Crippen LogP contribution in [0.2, 0.25) is 0 Å². The molecule has 2 heterocycles. The van der Waals surface area contributed by atoms with Crippen molar-refractivity contribution in [3.05, 3.63) is 17.8 Å². The molecule has 0 aliphatic heterocycles. The smallest absolute Gasteiger partial charge is 0.313 e. The number of carboxylic acid groups (broad SMARTS) is 1. The molecule has 0 amide bonds. The third-order valence-corrected chi connectivity index (χ3v) is 4.92. The van der Waals surface area contributed by atoms with E-state index in [1.807, 2.05) is 13.0 Å². The van der Waals surface area contributed by atoms with Crippen LogP contribution in [0, 0.1) is 6.92 Å². The number of pyridine rings is 1. The molecule has 1 unspecified atom stereocenters. The molecule has 2 rings (SSSR count). The van der Waals surface area contributed by atoms with Gasteiger partial charge in [-0.3, -0.25) is 9.36 Å². The molecule has 1 atom stereocenters. The van der Waals surface area contributed by atoms with E-state index in [4.69, 9.17) is 5.11 Å². The summed E-state index contributed by atoms with van der Waals surface area (Å²) in [7, 11) is 0. The Morgan fingerprint density at radius 1 is 1.52 bits per heavy atom. The number of hydrogen-bond donors (Lipinski definition) is 1. The highest BCUT2D eigenvalue weighted by Gasteiger charge is 2.20. The van der Waals surface area contributed by atoms with Gasteiger partial charge in [-0.2, -0.15) is 11.8 Å². The Labute approximate surface area is 132 Å². The van der Waals surface area contributed by atoms with Gasteiger partial charge < -0.3 is 5.11 Å². The van der Waals surface area contributed by atoms with Gasteiger partial charge in [0, 0.05) is 18.0 Å². The summed E-state index contributed by atoms with van der Waals surface area (Å²) in [5, 5.41) is 9.66. The normalized spacial score (nSPS) is 12.7. The van der Waals surface area contributed by atoms with Gasteiger partial charge in [-0.15, -0.1) is 0 Å². The van der Waals surface area contributed by atoms with E-state index in [9.17, 15) is 4.79 Å². The molecule has 0 fully saturated rings. The van der Waals surface area contributed by atoms with E-state index in [0.29, 0.717) is 0 Å². The monoisotopic (exact) mass is 325 g/mol. The van der Waals surface area contributed by atoms with E-state index in [-0.39, 0.29) is 11.8 Å². The minimum Gasteiger partial charge on any atom is -0.481 e. The summed E-state index contributed by atoms with van der Waals surface area (Å²) in [5.41, 5.74) is 2.78. The highest BCUT2D eigenvalue weighted by molar-refractivity contribution is 7.99. The second-order valence-corrected chi connectivity index (χ2v) is 6.62. The summed E-state index contributed by atoms with van der Waals surface area (Å²) in [4.78, 5) is 20.0. The fourth-order valence-electron chi connectivity index (χ4n) is 2.22. The van der Waals surface area contributed by atoms with Crippen molar-refractivity contribution in [1.29, 1.82) is 0 Å².